The molecule has 0 aliphatic carbocycles. The molecule has 1 aromatic heterocycles. The highest BCUT2D eigenvalue weighted by molar-refractivity contribution is 7.17. The topological polar surface area (TPSA) is 97.5 Å². The van der Waals surface area contributed by atoms with Crippen LogP contribution in [0, 0.1) is 6.92 Å². The number of ether oxygens (including phenoxy) is 1. The molecule has 0 aliphatic rings. The number of aliphatic hydroxyl groups is 1. The van der Waals surface area contributed by atoms with Crippen LogP contribution in [-0.2, 0) is 4.74 Å². The van der Waals surface area contributed by atoms with Gasteiger partial charge in [0, 0.05) is 13.7 Å². The zero-order chi connectivity index (χ0) is 12.1. The van der Waals surface area contributed by atoms with Crippen molar-refractivity contribution in [2.45, 2.75) is 13.0 Å². The summed E-state index contributed by atoms with van der Waals surface area (Å²) >= 11 is 1.13. The Balaban J connectivity index is 2.50. The maximum absolute atomic E-state index is 11.6. The van der Waals surface area contributed by atoms with Crippen LogP contribution in [0.15, 0.2) is 0 Å². The first-order chi connectivity index (χ1) is 7.54. The molecule has 0 fully saturated rings. The molecule has 1 unspecified atom stereocenters. The SMILES string of the molecule is COCC(O)CNC(=O)c1sc(N)nc1C. The number of hydrogen-bond acceptors (Lipinski definition) is 6. The van der Waals surface area contributed by atoms with Gasteiger partial charge in [-0.3, -0.25) is 4.79 Å². The van der Waals surface area contributed by atoms with E-state index < -0.39 is 6.10 Å². The number of aryl methyl sites for hydroxylation is 1. The van der Waals surface area contributed by atoms with Crippen LogP contribution in [-0.4, -0.2) is 42.4 Å². The number of rotatable bonds is 5. The lowest BCUT2D eigenvalue weighted by atomic mass is 10.3. The molecule has 16 heavy (non-hydrogen) atoms. The van der Waals surface area contributed by atoms with E-state index in [1.165, 1.54) is 7.11 Å². The maximum Gasteiger partial charge on any atom is 0.263 e. The molecule has 0 radical (unpaired) electrons. The monoisotopic (exact) mass is 245 g/mol. The van der Waals surface area contributed by atoms with Crippen LogP contribution in [0.5, 0.6) is 0 Å². The first kappa shape index (κ1) is 12.9. The third-order valence-corrected chi connectivity index (χ3v) is 2.86. The number of nitrogens with zero attached hydrogens (tertiary/aromatic N) is 1. The number of hydrogen-bond donors (Lipinski definition) is 3. The van der Waals surface area contributed by atoms with Crippen molar-refractivity contribution in [3.8, 4) is 0 Å². The van der Waals surface area contributed by atoms with Crippen LogP contribution >= 0.6 is 11.3 Å². The third kappa shape index (κ3) is 3.44. The first-order valence-electron chi connectivity index (χ1n) is 4.72. The lowest BCUT2D eigenvalue weighted by molar-refractivity contribution is 0.0610. The molecule has 0 spiro atoms. The molecule has 0 aromatic carbocycles. The number of nitrogen functional groups attached to an aromatic ring is 1. The Kier molecular flexibility index (Phi) is 4.66. The molecule has 0 aliphatic heterocycles. The summed E-state index contributed by atoms with van der Waals surface area (Å²) in [5.74, 6) is -0.276. The molecular weight excluding hydrogens is 230 g/mol. The fourth-order valence-electron chi connectivity index (χ4n) is 1.17. The van der Waals surface area contributed by atoms with Crippen molar-refractivity contribution in [3.05, 3.63) is 10.6 Å². The van der Waals surface area contributed by atoms with Crippen molar-refractivity contribution < 1.29 is 14.6 Å². The summed E-state index contributed by atoms with van der Waals surface area (Å²) in [6.45, 7) is 2.04. The minimum Gasteiger partial charge on any atom is -0.389 e. The second kappa shape index (κ2) is 5.78. The van der Waals surface area contributed by atoms with Gasteiger partial charge in [-0.05, 0) is 6.92 Å². The normalized spacial score (nSPS) is 12.4. The summed E-state index contributed by atoms with van der Waals surface area (Å²) in [7, 11) is 1.49. The van der Waals surface area contributed by atoms with Gasteiger partial charge in [-0.15, -0.1) is 0 Å². The molecule has 1 aromatic rings. The molecule has 1 heterocycles. The number of carbonyl (C=O) groups is 1. The minimum absolute atomic E-state index is 0.143. The number of aliphatic hydroxyl groups excluding tert-OH is 1. The predicted octanol–water partition coefficient (Wildman–Crippen LogP) is -0.229. The van der Waals surface area contributed by atoms with Crippen LogP contribution in [0.1, 0.15) is 15.4 Å². The average Bonchev–Trinajstić information content (AvgIpc) is 2.55. The van der Waals surface area contributed by atoms with Crippen molar-refractivity contribution in [1.82, 2.24) is 10.3 Å². The number of aromatic nitrogens is 1. The Morgan fingerprint density at radius 3 is 2.94 bits per heavy atom. The highest BCUT2D eigenvalue weighted by Crippen LogP contribution is 2.19. The van der Waals surface area contributed by atoms with E-state index in [4.69, 9.17) is 10.5 Å². The summed E-state index contributed by atoms with van der Waals surface area (Å²) in [5, 5.41) is 12.3. The molecule has 7 heteroatoms. The number of thiazole rings is 1. The number of carbonyl (C=O) groups excluding carboxylic acids is 1. The van der Waals surface area contributed by atoms with E-state index in [9.17, 15) is 9.90 Å². The van der Waals surface area contributed by atoms with Gasteiger partial charge in [0.15, 0.2) is 5.13 Å². The van der Waals surface area contributed by atoms with E-state index in [2.05, 4.69) is 10.3 Å². The van der Waals surface area contributed by atoms with Gasteiger partial charge < -0.3 is 20.9 Å². The van der Waals surface area contributed by atoms with E-state index >= 15 is 0 Å². The Morgan fingerprint density at radius 2 is 2.44 bits per heavy atom. The van der Waals surface area contributed by atoms with Gasteiger partial charge in [-0.2, -0.15) is 0 Å². The molecular formula is C9H15N3O3S. The zero-order valence-corrected chi connectivity index (χ0v) is 10.0. The third-order valence-electron chi connectivity index (χ3n) is 1.88. The largest absolute Gasteiger partial charge is 0.389 e. The molecule has 0 bridgehead atoms. The van der Waals surface area contributed by atoms with E-state index in [0.29, 0.717) is 15.7 Å². The second-order valence-corrected chi connectivity index (χ2v) is 4.32. The molecule has 90 valence electrons. The van der Waals surface area contributed by atoms with Crippen molar-refractivity contribution in [2.24, 2.45) is 0 Å². The van der Waals surface area contributed by atoms with Crippen LogP contribution in [0.3, 0.4) is 0 Å². The van der Waals surface area contributed by atoms with Gasteiger partial charge >= 0.3 is 0 Å². The minimum atomic E-state index is -0.709. The van der Waals surface area contributed by atoms with E-state index in [0.717, 1.165) is 11.3 Å². The van der Waals surface area contributed by atoms with Gasteiger partial charge in [0.25, 0.3) is 5.91 Å². The summed E-state index contributed by atoms with van der Waals surface area (Å²) in [6.07, 6.45) is -0.709. The Bertz CT molecular complexity index is 367. The number of amides is 1. The van der Waals surface area contributed by atoms with Gasteiger partial charge in [0.05, 0.1) is 18.4 Å². The van der Waals surface area contributed by atoms with Crippen molar-refractivity contribution >= 4 is 22.4 Å². The van der Waals surface area contributed by atoms with Gasteiger partial charge in [-0.25, -0.2) is 4.98 Å². The summed E-state index contributed by atoms with van der Waals surface area (Å²) in [5.41, 5.74) is 6.08. The van der Waals surface area contributed by atoms with Gasteiger partial charge in [0.1, 0.15) is 4.88 Å². The highest BCUT2D eigenvalue weighted by Gasteiger charge is 2.14. The molecule has 1 rings (SSSR count). The Morgan fingerprint density at radius 1 is 1.75 bits per heavy atom. The molecule has 0 saturated carbocycles. The van der Waals surface area contributed by atoms with Crippen LogP contribution in [0.2, 0.25) is 0 Å². The van der Waals surface area contributed by atoms with Crippen molar-refractivity contribution in [2.75, 3.05) is 26.0 Å². The Hall–Kier alpha value is -1.18. The van der Waals surface area contributed by atoms with Gasteiger partial charge in [-0.1, -0.05) is 11.3 Å². The standard InChI is InChI=1S/C9H15N3O3S/c1-5-7(16-9(10)12-5)8(14)11-3-6(13)4-15-2/h6,13H,3-4H2,1-2H3,(H2,10,12)(H,11,14). The average molecular weight is 245 g/mol. The lowest BCUT2D eigenvalue weighted by Crippen LogP contribution is -2.34. The molecule has 4 N–H and O–H groups in total. The molecule has 0 saturated heterocycles. The molecule has 1 atom stereocenters. The summed E-state index contributed by atoms with van der Waals surface area (Å²) in [6, 6.07) is 0. The van der Waals surface area contributed by atoms with E-state index in [-0.39, 0.29) is 19.1 Å². The summed E-state index contributed by atoms with van der Waals surface area (Å²) < 4.78 is 4.74. The zero-order valence-electron chi connectivity index (χ0n) is 9.19. The van der Waals surface area contributed by atoms with Crippen molar-refractivity contribution in [3.63, 3.8) is 0 Å². The second-order valence-electron chi connectivity index (χ2n) is 3.29. The number of methoxy groups -OCH3 is 1. The molecule has 6 nitrogen and oxygen atoms in total. The smallest absolute Gasteiger partial charge is 0.263 e. The van der Waals surface area contributed by atoms with E-state index in [1.54, 1.807) is 6.92 Å². The molecule has 1 amide bonds. The van der Waals surface area contributed by atoms with Crippen molar-refractivity contribution in [1.29, 1.82) is 0 Å². The summed E-state index contributed by atoms with van der Waals surface area (Å²) in [4.78, 5) is 16.1. The highest BCUT2D eigenvalue weighted by atomic mass is 32.1. The quantitative estimate of drug-likeness (QED) is 0.665. The van der Waals surface area contributed by atoms with Gasteiger partial charge in [0.2, 0.25) is 0 Å². The van der Waals surface area contributed by atoms with Crippen LogP contribution in [0.4, 0.5) is 5.13 Å². The van der Waals surface area contributed by atoms with Crippen LogP contribution < -0.4 is 11.1 Å². The number of anilines is 1. The number of nitrogens with one attached hydrogen (secondary N) is 1. The lowest BCUT2D eigenvalue weighted by Gasteiger charge is -2.09. The maximum atomic E-state index is 11.6. The fraction of sp³-hybridized carbons (Fsp3) is 0.556. The predicted molar refractivity (Wildman–Crippen MR) is 61.5 cm³/mol. The van der Waals surface area contributed by atoms with Crippen LogP contribution in [0.25, 0.3) is 0 Å². The van der Waals surface area contributed by atoms with E-state index in [1.807, 2.05) is 0 Å². The first-order valence-corrected chi connectivity index (χ1v) is 5.54. The fourth-order valence-corrected chi connectivity index (χ4v) is 1.92. The Labute approximate surface area is 97.4 Å². The number of nitrogens with two attached hydrogens (primary N) is 1.